The van der Waals surface area contributed by atoms with E-state index in [1.54, 1.807) is 19.2 Å². The first-order chi connectivity index (χ1) is 9.72. The Morgan fingerprint density at radius 1 is 1.30 bits per heavy atom. The molecule has 0 aromatic heterocycles. The van der Waals surface area contributed by atoms with E-state index in [0.717, 1.165) is 6.42 Å². The Hall–Kier alpha value is -1.73. The van der Waals surface area contributed by atoms with Crippen LogP contribution in [0.25, 0.3) is 0 Å². The molecule has 4 heteroatoms. The van der Waals surface area contributed by atoms with Gasteiger partial charge in [0.1, 0.15) is 11.5 Å². The lowest BCUT2D eigenvalue weighted by molar-refractivity contribution is 0.153. The van der Waals surface area contributed by atoms with E-state index in [2.05, 4.69) is 18.0 Å². The van der Waals surface area contributed by atoms with E-state index >= 15 is 0 Å². The summed E-state index contributed by atoms with van der Waals surface area (Å²) >= 11 is 0. The summed E-state index contributed by atoms with van der Waals surface area (Å²) in [6.07, 6.45) is 4.89. The van der Waals surface area contributed by atoms with Crippen LogP contribution in [0.4, 0.5) is 0 Å². The molecule has 0 spiro atoms. The minimum absolute atomic E-state index is 0.564. The van der Waals surface area contributed by atoms with Crippen molar-refractivity contribution in [3.05, 3.63) is 23.8 Å². The molecule has 0 bridgehead atoms. The van der Waals surface area contributed by atoms with Gasteiger partial charge in [-0.05, 0) is 45.0 Å². The molecule has 1 aromatic carbocycles. The van der Waals surface area contributed by atoms with Gasteiger partial charge in [-0.1, -0.05) is 6.42 Å². The standard InChI is InChI=1S/C16H22N2O2/c1-18-7-4-3-5-14(18)6-8-20-16-10-13(12-17)9-15(11-16)19-2/h9-11,14H,3-8H2,1-2H3. The van der Waals surface area contributed by atoms with E-state index in [1.165, 1.54) is 25.8 Å². The monoisotopic (exact) mass is 274 g/mol. The third-order valence-electron chi connectivity index (χ3n) is 3.89. The number of likely N-dealkylation sites (tertiary alicyclic amines) is 1. The molecule has 1 atom stereocenters. The Labute approximate surface area is 120 Å². The maximum atomic E-state index is 8.98. The Morgan fingerprint density at radius 2 is 2.10 bits per heavy atom. The van der Waals surface area contributed by atoms with Gasteiger partial charge >= 0.3 is 0 Å². The van der Waals surface area contributed by atoms with Crippen molar-refractivity contribution >= 4 is 0 Å². The Morgan fingerprint density at radius 3 is 2.80 bits per heavy atom. The van der Waals surface area contributed by atoms with Crippen molar-refractivity contribution in [2.24, 2.45) is 0 Å². The fraction of sp³-hybridized carbons (Fsp3) is 0.562. The molecule has 108 valence electrons. The van der Waals surface area contributed by atoms with Crippen molar-refractivity contribution in [2.45, 2.75) is 31.7 Å². The third kappa shape index (κ3) is 3.88. The lowest BCUT2D eigenvalue weighted by Crippen LogP contribution is -2.37. The Kier molecular flexibility index (Phi) is 5.25. The number of nitrogens with zero attached hydrogens (tertiary/aromatic N) is 2. The van der Waals surface area contributed by atoms with E-state index in [-0.39, 0.29) is 0 Å². The summed E-state index contributed by atoms with van der Waals surface area (Å²) in [6.45, 7) is 1.86. The highest BCUT2D eigenvalue weighted by Gasteiger charge is 2.18. The lowest BCUT2D eigenvalue weighted by Gasteiger charge is -2.32. The van der Waals surface area contributed by atoms with Gasteiger partial charge in [0.05, 0.1) is 25.3 Å². The number of rotatable bonds is 5. The summed E-state index contributed by atoms with van der Waals surface area (Å²) < 4.78 is 11.0. The summed E-state index contributed by atoms with van der Waals surface area (Å²) in [5.74, 6) is 1.37. The lowest BCUT2D eigenvalue weighted by atomic mass is 10.0. The number of nitriles is 1. The molecule has 0 N–H and O–H groups in total. The third-order valence-corrected chi connectivity index (χ3v) is 3.89. The molecule has 1 heterocycles. The number of piperidine rings is 1. The van der Waals surface area contributed by atoms with Crippen LogP contribution in [0.5, 0.6) is 11.5 Å². The maximum absolute atomic E-state index is 8.98. The molecule has 0 aliphatic carbocycles. The quantitative estimate of drug-likeness (QED) is 0.828. The zero-order valence-corrected chi connectivity index (χ0v) is 12.3. The molecule has 1 fully saturated rings. The SMILES string of the molecule is COc1cc(C#N)cc(OCCC2CCCCN2C)c1. The molecule has 2 rings (SSSR count). The molecular weight excluding hydrogens is 252 g/mol. The molecular formula is C16H22N2O2. The molecule has 0 saturated carbocycles. The van der Waals surface area contributed by atoms with E-state index in [4.69, 9.17) is 14.7 Å². The van der Waals surface area contributed by atoms with Gasteiger partial charge in [-0.15, -0.1) is 0 Å². The molecule has 0 radical (unpaired) electrons. The van der Waals surface area contributed by atoms with Crippen molar-refractivity contribution in [1.29, 1.82) is 5.26 Å². The minimum Gasteiger partial charge on any atom is -0.497 e. The average molecular weight is 274 g/mol. The summed E-state index contributed by atoms with van der Waals surface area (Å²) in [5.41, 5.74) is 0.564. The van der Waals surface area contributed by atoms with Crippen molar-refractivity contribution in [3.63, 3.8) is 0 Å². The smallest absolute Gasteiger partial charge is 0.124 e. The van der Waals surface area contributed by atoms with Gasteiger partial charge in [-0.2, -0.15) is 5.26 Å². The van der Waals surface area contributed by atoms with Crippen LogP contribution in [0.15, 0.2) is 18.2 Å². The topological polar surface area (TPSA) is 45.5 Å². The van der Waals surface area contributed by atoms with Gasteiger partial charge in [-0.3, -0.25) is 0 Å². The second-order valence-electron chi connectivity index (χ2n) is 5.28. The highest BCUT2D eigenvalue weighted by molar-refractivity contribution is 5.43. The number of benzene rings is 1. The average Bonchev–Trinajstić information content (AvgIpc) is 2.48. The molecule has 1 aromatic rings. The number of methoxy groups -OCH3 is 1. The predicted molar refractivity (Wildman–Crippen MR) is 78.1 cm³/mol. The maximum Gasteiger partial charge on any atom is 0.124 e. The molecule has 1 unspecified atom stereocenters. The largest absolute Gasteiger partial charge is 0.497 e. The van der Waals surface area contributed by atoms with Crippen LogP contribution in [0.1, 0.15) is 31.2 Å². The highest BCUT2D eigenvalue weighted by Crippen LogP contribution is 2.23. The van der Waals surface area contributed by atoms with Gasteiger partial charge in [0.15, 0.2) is 0 Å². The van der Waals surface area contributed by atoms with Gasteiger partial charge < -0.3 is 14.4 Å². The first kappa shape index (κ1) is 14.7. The fourth-order valence-electron chi connectivity index (χ4n) is 2.66. The summed E-state index contributed by atoms with van der Waals surface area (Å²) in [7, 11) is 3.78. The Balaban J connectivity index is 1.89. The van der Waals surface area contributed by atoms with Crippen LogP contribution < -0.4 is 9.47 Å². The number of hydrogen-bond donors (Lipinski definition) is 0. The molecule has 20 heavy (non-hydrogen) atoms. The summed E-state index contributed by atoms with van der Waals surface area (Å²) in [6, 6.07) is 8.03. The van der Waals surface area contributed by atoms with Crippen LogP contribution in [0, 0.1) is 11.3 Å². The molecule has 0 amide bonds. The zero-order valence-electron chi connectivity index (χ0n) is 12.3. The van der Waals surface area contributed by atoms with Crippen molar-refractivity contribution < 1.29 is 9.47 Å². The van der Waals surface area contributed by atoms with Crippen LogP contribution >= 0.6 is 0 Å². The van der Waals surface area contributed by atoms with E-state index < -0.39 is 0 Å². The summed E-state index contributed by atoms with van der Waals surface area (Å²) in [4.78, 5) is 2.42. The van der Waals surface area contributed by atoms with E-state index in [1.807, 2.05) is 6.07 Å². The Bertz CT molecular complexity index is 482. The predicted octanol–water partition coefficient (Wildman–Crippen LogP) is 2.82. The first-order valence-corrected chi connectivity index (χ1v) is 7.15. The normalized spacial score (nSPS) is 19.4. The first-order valence-electron chi connectivity index (χ1n) is 7.15. The second kappa shape index (κ2) is 7.16. The molecule has 4 nitrogen and oxygen atoms in total. The highest BCUT2D eigenvalue weighted by atomic mass is 16.5. The van der Waals surface area contributed by atoms with E-state index in [0.29, 0.717) is 29.7 Å². The zero-order chi connectivity index (χ0) is 14.4. The van der Waals surface area contributed by atoms with Crippen LogP contribution in [0.3, 0.4) is 0 Å². The number of ether oxygens (including phenoxy) is 2. The van der Waals surface area contributed by atoms with Crippen LogP contribution in [-0.2, 0) is 0 Å². The second-order valence-corrected chi connectivity index (χ2v) is 5.28. The van der Waals surface area contributed by atoms with Crippen LogP contribution in [0.2, 0.25) is 0 Å². The van der Waals surface area contributed by atoms with Gasteiger partial charge in [0.2, 0.25) is 0 Å². The van der Waals surface area contributed by atoms with Crippen molar-refractivity contribution in [1.82, 2.24) is 4.90 Å². The molecule has 1 aliphatic heterocycles. The van der Waals surface area contributed by atoms with Crippen LogP contribution in [-0.4, -0.2) is 38.3 Å². The number of hydrogen-bond acceptors (Lipinski definition) is 4. The van der Waals surface area contributed by atoms with E-state index in [9.17, 15) is 0 Å². The van der Waals surface area contributed by atoms with Gasteiger partial charge in [0.25, 0.3) is 0 Å². The molecule has 1 saturated heterocycles. The molecule has 1 aliphatic rings. The summed E-state index contributed by atoms with van der Waals surface area (Å²) in [5, 5.41) is 8.98. The van der Waals surface area contributed by atoms with Gasteiger partial charge in [0, 0.05) is 12.1 Å². The van der Waals surface area contributed by atoms with Crippen molar-refractivity contribution in [3.8, 4) is 17.6 Å². The van der Waals surface area contributed by atoms with Crippen molar-refractivity contribution in [2.75, 3.05) is 27.3 Å². The fourth-order valence-corrected chi connectivity index (χ4v) is 2.66. The van der Waals surface area contributed by atoms with Gasteiger partial charge in [-0.25, -0.2) is 0 Å². The minimum atomic E-state index is 0.564.